The Morgan fingerprint density at radius 1 is 1.50 bits per heavy atom. The molecule has 18 heavy (non-hydrogen) atoms. The number of carboxylic acids is 1. The van der Waals surface area contributed by atoms with Crippen LogP contribution in [-0.4, -0.2) is 24.8 Å². The third kappa shape index (κ3) is 4.07. The first-order chi connectivity index (χ1) is 8.58. The summed E-state index contributed by atoms with van der Waals surface area (Å²) in [5.41, 5.74) is 0.727. The number of hydrogen-bond donors (Lipinski definition) is 1. The highest BCUT2D eigenvalue weighted by atomic mass is 79.9. The Hall–Kier alpha value is -1.49. The minimum absolute atomic E-state index is 0.572. The molecule has 0 aliphatic carbocycles. The average Bonchev–Trinajstić information content (AvgIpc) is 2.34. The molecule has 0 amide bonds. The van der Waals surface area contributed by atoms with Crippen molar-refractivity contribution in [1.29, 1.82) is 0 Å². The van der Waals surface area contributed by atoms with Gasteiger partial charge < -0.3 is 14.6 Å². The number of rotatable bonds is 6. The van der Waals surface area contributed by atoms with Crippen molar-refractivity contribution in [2.45, 2.75) is 13.3 Å². The monoisotopic (exact) mass is 314 g/mol. The van der Waals surface area contributed by atoms with Crippen molar-refractivity contribution in [3.05, 3.63) is 28.2 Å². The van der Waals surface area contributed by atoms with E-state index in [9.17, 15) is 4.79 Å². The summed E-state index contributed by atoms with van der Waals surface area (Å²) >= 11 is 3.39. The van der Waals surface area contributed by atoms with Gasteiger partial charge in [0.05, 0.1) is 18.2 Å². The Kier molecular flexibility index (Phi) is 5.71. The van der Waals surface area contributed by atoms with E-state index in [1.807, 2.05) is 6.92 Å². The van der Waals surface area contributed by atoms with Gasteiger partial charge >= 0.3 is 5.97 Å². The molecule has 1 aromatic carbocycles. The zero-order valence-electron chi connectivity index (χ0n) is 10.3. The van der Waals surface area contributed by atoms with Crippen molar-refractivity contribution < 1.29 is 19.4 Å². The first kappa shape index (κ1) is 14.6. The van der Waals surface area contributed by atoms with Gasteiger partial charge in [-0.05, 0) is 46.1 Å². The van der Waals surface area contributed by atoms with Gasteiger partial charge in [0.15, 0.2) is 11.5 Å². The standard InChI is InChI=1S/C13H15BrO4/c1-3-6-18-13-10(14)7-9(4-5-12(15)16)8-11(13)17-2/h4-5,7-8H,3,6H2,1-2H3,(H,15,16)/b5-4+. The van der Waals surface area contributed by atoms with Crippen molar-refractivity contribution in [2.75, 3.05) is 13.7 Å². The van der Waals surface area contributed by atoms with Crippen molar-refractivity contribution in [1.82, 2.24) is 0 Å². The number of carboxylic acid groups (broad SMARTS) is 1. The summed E-state index contributed by atoms with van der Waals surface area (Å²) in [6, 6.07) is 3.52. The van der Waals surface area contributed by atoms with Crippen LogP contribution >= 0.6 is 15.9 Å². The molecule has 0 fully saturated rings. The van der Waals surface area contributed by atoms with Crippen LogP contribution in [0.4, 0.5) is 0 Å². The second-order valence-corrected chi connectivity index (χ2v) is 4.41. The zero-order chi connectivity index (χ0) is 13.5. The lowest BCUT2D eigenvalue weighted by Gasteiger charge is -2.12. The zero-order valence-corrected chi connectivity index (χ0v) is 11.9. The Bertz CT molecular complexity index is 455. The van der Waals surface area contributed by atoms with Crippen LogP contribution in [0.2, 0.25) is 0 Å². The number of ether oxygens (including phenoxy) is 2. The Morgan fingerprint density at radius 2 is 2.22 bits per heavy atom. The van der Waals surface area contributed by atoms with Gasteiger partial charge in [0.2, 0.25) is 0 Å². The highest BCUT2D eigenvalue weighted by molar-refractivity contribution is 9.10. The second kappa shape index (κ2) is 7.06. The highest BCUT2D eigenvalue weighted by Crippen LogP contribution is 2.37. The van der Waals surface area contributed by atoms with Crippen molar-refractivity contribution in [3.63, 3.8) is 0 Å². The molecule has 0 spiro atoms. The van der Waals surface area contributed by atoms with Gasteiger partial charge in [0.1, 0.15) is 0 Å². The summed E-state index contributed by atoms with van der Waals surface area (Å²) in [5, 5.41) is 8.59. The summed E-state index contributed by atoms with van der Waals surface area (Å²) in [6.07, 6.45) is 3.48. The van der Waals surface area contributed by atoms with Gasteiger partial charge in [-0.3, -0.25) is 0 Å². The maximum Gasteiger partial charge on any atom is 0.328 e. The fourth-order valence-electron chi connectivity index (χ4n) is 1.35. The van der Waals surface area contributed by atoms with Crippen LogP contribution in [0.25, 0.3) is 6.08 Å². The van der Waals surface area contributed by atoms with Gasteiger partial charge in [0, 0.05) is 6.08 Å². The van der Waals surface area contributed by atoms with Crippen LogP contribution in [0.3, 0.4) is 0 Å². The summed E-state index contributed by atoms with van der Waals surface area (Å²) in [7, 11) is 1.55. The number of methoxy groups -OCH3 is 1. The maximum absolute atomic E-state index is 10.5. The molecule has 0 aliphatic heterocycles. The third-order valence-corrected chi connectivity index (χ3v) is 2.71. The summed E-state index contributed by atoms with van der Waals surface area (Å²) in [6.45, 7) is 2.61. The SMILES string of the molecule is CCCOc1c(Br)cc(/C=C/C(=O)O)cc1OC. The van der Waals surface area contributed by atoms with Crippen LogP contribution in [0.5, 0.6) is 11.5 Å². The number of hydrogen-bond acceptors (Lipinski definition) is 3. The van der Waals surface area contributed by atoms with E-state index < -0.39 is 5.97 Å². The molecule has 0 aromatic heterocycles. The van der Waals surface area contributed by atoms with E-state index in [0.29, 0.717) is 18.1 Å². The third-order valence-electron chi connectivity index (χ3n) is 2.12. The smallest absolute Gasteiger partial charge is 0.328 e. The van der Waals surface area contributed by atoms with E-state index in [4.69, 9.17) is 14.6 Å². The molecule has 0 saturated heterocycles. The van der Waals surface area contributed by atoms with E-state index >= 15 is 0 Å². The molecule has 0 bridgehead atoms. The number of benzene rings is 1. The molecular formula is C13H15BrO4. The lowest BCUT2D eigenvalue weighted by Crippen LogP contribution is -1.99. The lowest BCUT2D eigenvalue weighted by atomic mass is 10.2. The van der Waals surface area contributed by atoms with Crippen LogP contribution < -0.4 is 9.47 Å². The van der Waals surface area contributed by atoms with E-state index in [1.54, 1.807) is 19.2 Å². The molecule has 0 saturated carbocycles. The van der Waals surface area contributed by atoms with E-state index in [0.717, 1.165) is 22.5 Å². The van der Waals surface area contributed by atoms with E-state index in [2.05, 4.69) is 15.9 Å². The Morgan fingerprint density at radius 3 is 2.78 bits per heavy atom. The maximum atomic E-state index is 10.5. The molecule has 98 valence electrons. The molecule has 1 aromatic rings. The lowest BCUT2D eigenvalue weighted by molar-refractivity contribution is -0.131. The predicted octanol–water partition coefficient (Wildman–Crippen LogP) is 3.34. The van der Waals surface area contributed by atoms with Crippen LogP contribution in [0.15, 0.2) is 22.7 Å². The number of aliphatic carboxylic acids is 1. The van der Waals surface area contributed by atoms with E-state index in [1.165, 1.54) is 6.08 Å². The number of carbonyl (C=O) groups is 1. The van der Waals surface area contributed by atoms with Crippen molar-refractivity contribution >= 4 is 28.0 Å². The molecule has 4 nitrogen and oxygen atoms in total. The van der Waals surface area contributed by atoms with Crippen molar-refractivity contribution in [2.24, 2.45) is 0 Å². The largest absolute Gasteiger partial charge is 0.493 e. The summed E-state index contributed by atoms with van der Waals surface area (Å²) in [4.78, 5) is 10.5. The van der Waals surface area contributed by atoms with Crippen LogP contribution in [0.1, 0.15) is 18.9 Å². The first-order valence-electron chi connectivity index (χ1n) is 5.49. The minimum Gasteiger partial charge on any atom is -0.493 e. The first-order valence-corrected chi connectivity index (χ1v) is 6.29. The van der Waals surface area contributed by atoms with E-state index in [-0.39, 0.29) is 0 Å². The van der Waals surface area contributed by atoms with Gasteiger partial charge in [-0.1, -0.05) is 6.92 Å². The highest BCUT2D eigenvalue weighted by Gasteiger charge is 2.10. The Balaban J connectivity index is 3.06. The predicted molar refractivity (Wildman–Crippen MR) is 73.1 cm³/mol. The van der Waals surface area contributed by atoms with Gasteiger partial charge in [-0.15, -0.1) is 0 Å². The molecular weight excluding hydrogens is 300 g/mol. The van der Waals surface area contributed by atoms with Gasteiger partial charge in [-0.2, -0.15) is 0 Å². The average molecular weight is 315 g/mol. The molecule has 5 heteroatoms. The van der Waals surface area contributed by atoms with Gasteiger partial charge in [0.25, 0.3) is 0 Å². The van der Waals surface area contributed by atoms with Gasteiger partial charge in [-0.25, -0.2) is 4.79 Å². The van der Waals surface area contributed by atoms with Crippen LogP contribution in [-0.2, 0) is 4.79 Å². The summed E-state index contributed by atoms with van der Waals surface area (Å²) < 4.78 is 11.5. The van der Waals surface area contributed by atoms with Crippen LogP contribution in [0, 0.1) is 0 Å². The molecule has 1 rings (SSSR count). The molecule has 0 aliphatic rings. The molecule has 0 heterocycles. The normalized spacial score (nSPS) is 10.6. The molecule has 0 atom stereocenters. The molecule has 0 unspecified atom stereocenters. The quantitative estimate of drug-likeness (QED) is 0.818. The fraction of sp³-hybridized carbons (Fsp3) is 0.308. The second-order valence-electron chi connectivity index (χ2n) is 3.55. The number of halogens is 1. The molecule has 0 radical (unpaired) electrons. The Labute approximate surface area is 114 Å². The van der Waals surface area contributed by atoms with Crippen molar-refractivity contribution in [3.8, 4) is 11.5 Å². The fourth-order valence-corrected chi connectivity index (χ4v) is 1.92. The minimum atomic E-state index is -0.989. The summed E-state index contributed by atoms with van der Waals surface area (Å²) in [5.74, 6) is 0.214. The topological polar surface area (TPSA) is 55.8 Å². The molecule has 1 N–H and O–H groups in total.